The van der Waals surface area contributed by atoms with Crippen LogP contribution in [0, 0.1) is 0 Å². The van der Waals surface area contributed by atoms with Gasteiger partial charge in [-0.05, 0) is 6.92 Å². The second kappa shape index (κ2) is 5.13. The molecule has 0 rings (SSSR count). The normalized spacial score (nSPS) is 10.3. The third-order valence-corrected chi connectivity index (χ3v) is 1.41. The summed E-state index contributed by atoms with van der Waals surface area (Å²) in [6.45, 7) is 2.85. The van der Waals surface area contributed by atoms with Gasteiger partial charge < -0.3 is 14.4 Å². The Morgan fingerprint density at radius 1 is 1.50 bits per heavy atom. The van der Waals surface area contributed by atoms with Gasteiger partial charge in [-0.3, -0.25) is 0 Å². The molecule has 0 unspecified atom stereocenters. The molecule has 0 bridgehead atoms. The molecule has 0 radical (unpaired) electrons. The van der Waals surface area contributed by atoms with Gasteiger partial charge in [0, 0.05) is 0 Å². The van der Waals surface area contributed by atoms with Crippen LogP contribution < -0.4 is 34.7 Å². The molecule has 0 heterocycles. The minimum Gasteiger partial charge on any atom is -0.544 e. The summed E-state index contributed by atoms with van der Waals surface area (Å²) >= 11 is 0. The Morgan fingerprint density at radius 2 is 1.90 bits per heavy atom. The average molecular weight is 154 g/mol. The third-order valence-electron chi connectivity index (χ3n) is 1.41. The maximum atomic E-state index is 10.0. The van der Waals surface area contributed by atoms with E-state index in [1.165, 1.54) is 0 Å². The first-order valence-corrected chi connectivity index (χ1v) is 3.00. The standard InChI is InChI=1S/C6H13NO2.Na/c1-4-7(2,3)5-6(8)9;/h4-5H2,1-3H3;/q;+1. The van der Waals surface area contributed by atoms with E-state index in [1.54, 1.807) is 0 Å². The number of likely N-dealkylation sites (N-methyl/N-ethyl adjacent to an activating group) is 1. The molecule has 10 heavy (non-hydrogen) atoms. The van der Waals surface area contributed by atoms with Crippen LogP contribution in [0.25, 0.3) is 0 Å². The van der Waals surface area contributed by atoms with Crippen molar-refractivity contribution < 1.29 is 43.9 Å². The van der Waals surface area contributed by atoms with Gasteiger partial charge in [-0.2, -0.15) is 0 Å². The van der Waals surface area contributed by atoms with Crippen molar-refractivity contribution in [2.75, 3.05) is 27.2 Å². The molecular weight excluding hydrogens is 141 g/mol. The van der Waals surface area contributed by atoms with Gasteiger partial charge in [-0.25, -0.2) is 0 Å². The summed E-state index contributed by atoms with van der Waals surface area (Å²) in [5, 5.41) is 10.0. The Hall–Kier alpha value is 0.430. The molecule has 4 heteroatoms. The summed E-state index contributed by atoms with van der Waals surface area (Å²) in [4.78, 5) is 10.0. The Kier molecular flexibility index (Phi) is 6.69. The molecule has 3 nitrogen and oxygen atoms in total. The fraction of sp³-hybridized carbons (Fsp3) is 0.833. The number of nitrogens with zero attached hydrogens (tertiary/aromatic N) is 1. The van der Waals surface area contributed by atoms with Crippen molar-refractivity contribution in [2.24, 2.45) is 0 Å². The fourth-order valence-electron chi connectivity index (χ4n) is 0.461. The number of carboxylic acid groups (broad SMARTS) is 1. The van der Waals surface area contributed by atoms with E-state index in [-0.39, 0.29) is 36.1 Å². The van der Waals surface area contributed by atoms with Crippen molar-refractivity contribution in [3.63, 3.8) is 0 Å². The molecule has 0 amide bonds. The van der Waals surface area contributed by atoms with Crippen molar-refractivity contribution in [2.45, 2.75) is 6.92 Å². The van der Waals surface area contributed by atoms with E-state index in [9.17, 15) is 9.90 Å². The first kappa shape index (κ1) is 13.1. The first-order chi connectivity index (χ1) is 3.98. The quantitative estimate of drug-likeness (QED) is 0.306. The van der Waals surface area contributed by atoms with E-state index in [0.29, 0.717) is 4.48 Å². The van der Waals surface area contributed by atoms with Crippen LogP contribution in [0.1, 0.15) is 6.92 Å². The molecule has 0 fully saturated rings. The van der Waals surface area contributed by atoms with E-state index < -0.39 is 5.97 Å². The van der Waals surface area contributed by atoms with E-state index in [0.717, 1.165) is 6.54 Å². The van der Waals surface area contributed by atoms with Crippen molar-refractivity contribution >= 4 is 5.97 Å². The number of hydrogen-bond donors (Lipinski definition) is 0. The summed E-state index contributed by atoms with van der Waals surface area (Å²) in [6.07, 6.45) is 0. The van der Waals surface area contributed by atoms with Crippen molar-refractivity contribution in [1.82, 2.24) is 0 Å². The van der Waals surface area contributed by atoms with Gasteiger partial charge in [-0.15, -0.1) is 0 Å². The summed E-state index contributed by atoms with van der Waals surface area (Å²) < 4.78 is 0.488. The molecule has 0 aliphatic heterocycles. The molecule has 0 saturated carbocycles. The number of rotatable bonds is 3. The van der Waals surface area contributed by atoms with Crippen LogP contribution in [-0.4, -0.2) is 37.6 Å². The molecule has 54 valence electrons. The number of carbonyl (C=O) groups excluding carboxylic acids is 1. The molecule has 0 aromatic rings. The zero-order valence-electron chi connectivity index (χ0n) is 7.18. The van der Waals surface area contributed by atoms with Gasteiger partial charge in [0.15, 0.2) is 0 Å². The Balaban J connectivity index is 0. The summed E-state index contributed by atoms with van der Waals surface area (Å²) in [7, 11) is 3.71. The van der Waals surface area contributed by atoms with Crippen molar-refractivity contribution in [3.05, 3.63) is 0 Å². The van der Waals surface area contributed by atoms with Gasteiger partial charge in [0.1, 0.15) is 6.54 Å². The molecule has 0 spiro atoms. The van der Waals surface area contributed by atoms with Crippen LogP contribution in [0.15, 0.2) is 0 Å². The maximum Gasteiger partial charge on any atom is 1.00 e. The second-order valence-corrected chi connectivity index (χ2v) is 2.78. The topological polar surface area (TPSA) is 40.1 Å². The molecule has 0 aliphatic rings. The van der Waals surface area contributed by atoms with Crippen LogP contribution in [0.3, 0.4) is 0 Å². The third kappa shape index (κ3) is 6.55. The Bertz CT molecular complexity index is 114. The van der Waals surface area contributed by atoms with Crippen LogP contribution >= 0.6 is 0 Å². The number of quaternary nitrogens is 1. The molecule has 0 atom stereocenters. The fourth-order valence-corrected chi connectivity index (χ4v) is 0.461. The van der Waals surface area contributed by atoms with Gasteiger partial charge in [-0.1, -0.05) is 0 Å². The molecule has 0 aliphatic carbocycles. The van der Waals surface area contributed by atoms with E-state index in [4.69, 9.17) is 0 Å². The summed E-state index contributed by atoms with van der Waals surface area (Å²) in [5.74, 6) is -0.984. The Labute approximate surface area is 83.9 Å². The van der Waals surface area contributed by atoms with Crippen LogP contribution in [0.5, 0.6) is 0 Å². The van der Waals surface area contributed by atoms with Crippen LogP contribution in [0.2, 0.25) is 0 Å². The molecule has 0 N–H and O–H groups in total. The Morgan fingerprint density at radius 3 is 2.00 bits per heavy atom. The summed E-state index contributed by atoms with van der Waals surface area (Å²) in [5.41, 5.74) is 0. The molecular formula is C6H13NNaO2+. The zero-order valence-corrected chi connectivity index (χ0v) is 9.18. The maximum absolute atomic E-state index is 10.0. The number of carboxylic acids is 1. The van der Waals surface area contributed by atoms with E-state index >= 15 is 0 Å². The smallest absolute Gasteiger partial charge is 0.544 e. The number of carbonyl (C=O) groups is 1. The van der Waals surface area contributed by atoms with Gasteiger partial charge >= 0.3 is 29.6 Å². The second-order valence-electron chi connectivity index (χ2n) is 2.78. The minimum absolute atomic E-state index is 0. The predicted octanol–water partition coefficient (Wildman–Crippen LogP) is -4.16. The predicted molar refractivity (Wildman–Crippen MR) is 32.5 cm³/mol. The van der Waals surface area contributed by atoms with Gasteiger partial charge in [0.2, 0.25) is 0 Å². The number of aliphatic carboxylic acids is 1. The molecule has 0 aromatic carbocycles. The SMILES string of the molecule is CC[N+](C)(C)CC(=O)[O-].[Na+]. The van der Waals surface area contributed by atoms with Gasteiger partial charge in [0.05, 0.1) is 26.6 Å². The molecule has 0 saturated heterocycles. The minimum atomic E-state index is -0.984. The largest absolute Gasteiger partial charge is 1.00 e. The van der Waals surface area contributed by atoms with E-state index in [1.807, 2.05) is 21.0 Å². The average Bonchev–Trinajstić information content (AvgIpc) is 1.63. The summed E-state index contributed by atoms with van der Waals surface area (Å²) in [6, 6.07) is 0. The monoisotopic (exact) mass is 154 g/mol. The van der Waals surface area contributed by atoms with Crippen molar-refractivity contribution in [1.29, 1.82) is 0 Å². The number of hydrogen-bond acceptors (Lipinski definition) is 2. The van der Waals surface area contributed by atoms with E-state index in [2.05, 4.69) is 0 Å². The zero-order chi connectivity index (χ0) is 7.49. The first-order valence-electron chi connectivity index (χ1n) is 3.00. The molecule has 0 aromatic heterocycles. The van der Waals surface area contributed by atoms with Crippen LogP contribution in [0.4, 0.5) is 0 Å². The van der Waals surface area contributed by atoms with Gasteiger partial charge in [0.25, 0.3) is 0 Å². The van der Waals surface area contributed by atoms with Crippen molar-refractivity contribution in [3.8, 4) is 0 Å². The van der Waals surface area contributed by atoms with Crippen LogP contribution in [-0.2, 0) is 4.79 Å².